The second kappa shape index (κ2) is 6.13. The van der Waals surface area contributed by atoms with Gasteiger partial charge in [-0.3, -0.25) is 4.79 Å². The van der Waals surface area contributed by atoms with Crippen LogP contribution in [0.4, 0.5) is 8.78 Å². The highest BCUT2D eigenvalue weighted by Crippen LogP contribution is 2.17. The second-order valence-corrected chi connectivity index (χ2v) is 4.50. The Labute approximate surface area is 95.2 Å². The topological polar surface area (TPSA) is 32.3 Å². The molecule has 0 atom stereocenters. The van der Waals surface area contributed by atoms with Crippen LogP contribution in [0.1, 0.15) is 26.7 Å². The number of piperidine rings is 1. The Morgan fingerprint density at radius 3 is 2.38 bits per heavy atom. The third-order valence-corrected chi connectivity index (χ3v) is 2.93. The first kappa shape index (κ1) is 13.4. The van der Waals surface area contributed by atoms with Gasteiger partial charge in [-0.05, 0) is 39.8 Å². The molecular formula is C11H20F2N2O. The van der Waals surface area contributed by atoms with E-state index in [0.717, 1.165) is 25.9 Å². The molecule has 3 nitrogen and oxygen atoms in total. The Kier molecular flexibility index (Phi) is 5.12. The van der Waals surface area contributed by atoms with Gasteiger partial charge >= 0.3 is 0 Å². The monoisotopic (exact) mass is 234 g/mol. The summed E-state index contributed by atoms with van der Waals surface area (Å²) < 4.78 is 24.7. The van der Waals surface area contributed by atoms with Gasteiger partial charge in [0.1, 0.15) is 0 Å². The number of nitrogens with zero attached hydrogens (tertiary/aromatic N) is 1. The summed E-state index contributed by atoms with van der Waals surface area (Å²) in [6.45, 7) is 4.72. The van der Waals surface area contributed by atoms with E-state index in [1.54, 1.807) is 13.8 Å². The van der Waals surface area contributed by atoms with Crippen molar-refractivity contribution < 1.29 is 13.6 Å². The number of nitrogens with one attached hydrogen (secondary N) is 1. The summed E-state index contributed by atoms with van der Waals surface area (Å²) in [4.78, 5) is 13.3. The summed E-state index contributed by atoms with van der Waals surface area (Å²) in [7, 11) is 0. The molecule has 5 heteroatoms. The summed E-state index contributed by atoms with van der Waals surface area (Å²) in [6.07, 6.45) is -0.940. The number of hydrogen-bond donors (Lipinski definition) is 1. The van der Waals surface area contributed by atoms with E-state index < -0.39 is 13.0 Å². The summed E-state index contributed by atoms with van der Waals surface area (Å²) >= 11 is 0. The van der Waals surface area contributed by atoms with Crippen molar-refractivity contribution in [2.45, 2.75) is 39.2 Å². The summed E-state index contributed by atoms with van der Waals surface area (Å²) in [5.41, 5.74) is 0. The maximum absolute atomic E-state index is 12.4. The van der Waals surface area contributed by atoms with E-state index in [-0.39, 0.29) is 17.9 Å². The zero-order chi connectivity index (χ0) is 12.1. The maximum atomic E-state index is 12.4. The first-order valence-electron chi connectivity index (χ1n) is 5.81. The fourth-order valence-electron chi connectivity index (χ4n) is 2.01. The predicted molar refractivity (Wildman–Crippen MR) is 58.4 cm³/mol. The van der Waals surface area contributed by atoms with Gasteiger partial charge in [-0.15, -0.1) is 0 Å². The Balaban J connectivity index is 2.58. The molecule has 1 heterocycles. The Morgan fingerprint density at radius 1 is 1.38 bits per heavy atom. The van der Waals surface area contributed by atoms with Crippen molar-refractivity contribution in [2.24, 2.45) is 5.92 Å². The Bertz CT molecular complexity index is 228. The van der Waals surface area contributed by atoms with Gasteiger partial charge in [-0.2, -0.15) is 0 Å². The molecule has 1 N–H and O–H groups in total. The largest absolute Gasteiger partial charge is 0.334 e. The van der Waals surface area contributed by atoms with Gasteiger partial charge in [0, 0.05) is 12.0 Å². The van der Waals surface area contributed by atoms with Crippen molar-refractivity contribution in [1.82, 2.24) is 10.2 Å². The highest BCUT2D eigenvalue weighted by Gasteiger charge is 2.28. The van der Waals surface area contributed by atoms with Crippen LogP contribution < -0.4 is 5.32 Å². The van der Waals surface area contributed by atoms with Crippen LogP contribution in [-0.4, -0.2) is 42.9 Å². The molecule has 0 aromatic carbocycles. The number of amides is 1. The smallest absolute Gasteiger partial charge is 0.255 e. The molecule has 0 saturated carbocycles. The molecule has 0 radical (unpaired) electrons. The summed E-state index contributed by atoms with van der Waals surface area (Å²) in [6, 6.07) is -0.156. The van der Waals surface area contributed by atoms with Crippen molar-refractivity contribution in [3.63, 3.8) is 0 Å². The standard InChI is InChI=1S/C11H20F2N2O/c1-8(2)15(7-10(12)13)11(16)9-3-5-14-6-4-9/h8-10,14H,3-7H2,1-2H3. The van der Waals surface area contributed by atoms with E-state index in [1.807, 2.05) is 0 Å². The molecule has 16 heavy (non-hydrogen) atoms. The molecule has 1 fully saturated rings. The van der Waals surface area contributed by atoms with Crippen LogP contribution in [0.15, 0.2) is 0 Å². The molecule has 0 unspecified atom stereocenters. The van der Waals surface area contributed by atoms with E-state index in [4.69, 9.17) is 0 Å². The molecule has 1 rings (SSSR count). The van der Waals surface area contributed by atoms with Crippen LogP contribution in [0.25, 0.3) is 0 Å². The summed E-state index contributed by atoms with van der Waals surface area (Å²) in [5, 5.41) is 3.16. The van der Waals surface area contributed by atoms with Gasteiger partial charge in [-0.1, -0.05) is 0 Å². The summed E-state index contributed by atoms with van der Waals surface area (Å²) in [5.74, 6) is -0.195. The first-order chi connectivity index (χ1) is 7.52. The Hall–Kier alpha value is -0.710. The van der Waals surface area contributed by atoms with Crippen LogP contribution in [0.3, 0.4) is 0 Å². The van der Waals surface area contributed by atoms with Gasteiger partial charge in [0.25, 0.3) is 6.43 Å². The fourth-order valence-corrected chi connectivity index (χ4v) is 2.01. The van der Waals surface area contributed by atoms with Crippen LogP contribution >= 0.6 is 0 Å². The van der Waals surface area contributed by atoms with Crippen LogP contribution in [0.2, 0.25) is 0 Å². The lowest BCUT2D eigenvalue weighted by molar-refractivity contribution is -0.140. The molecule has 0 aliphatic carbocycles. The van der Waals surface area contributed by atoms with Gasteiger partial charge < -0.3 is 10.2 Å². The van der Waals surface area contributed by atoms with E-state index in [1.165, 1.54) is 4.90 Å². The number of carbonyl (C=O) groups is 1. The van der Waals surface area contributed by atoms with E-state index in [2.05, 4.69) is 5.32 Å². The third-order valence-electron chi connectivity index (χ3n) is 2.93. The van der Waals surface area contributed by atoms with Gasteiger partial charge in [0.15, 0.2) is 0 Å². The molecule has 1 aliphatic heterocycles. The van der Waals surface area contributed by atoms with Crippen LogP contribution in [-0.2, 0) is 4.79 Å². The average molecular weight is 234 g/mol. The zero-order valence-electron chi connectivity index (χ0n) is 9.88. The second-order valence-electron chi connectivity index (χ2n) is 4.50. The Morgan fingerprint density at radius 2 is 1.94 bits per heavy atom. The molecule has 94 valence electrons. The van der Waals surface area contributed by atoms with Crippen molar-refractivity contribution >= 4 is 5.91 Å². The lowest BCUT2D eigenvalue weighted by Gasteiger charge is -2.32. The third kappa shape index (κ3) is 3.70. The number of carbonyl (C=O) groups excluding carboxylic acids is 1. The number of rotatable bonds is 4. The predicted octanol–water partition coefficient (Wildman–Crippen LogP) is 1.49. The number of halogens is 2. The number of hydrogen-bond acceptors (Lipinski definition) is 2. The van der Waals surface area contributed by atoms with Crippen molar-refractivity contribution in [2.75, 3.05) is 19.6 Å². The quantitative estimate of drug-likeness (QED) is 0.799. The van der Waals surface area contributed by atoms with Crippen LogP contribution in [0, 0.1) is 5.92 Å². The SMILES string of the molecule is CC(C)N(CC(F)F)C(=O)C1CCNCC1. The molecule has 1 amide bonds. The molecule has 0 aromatic heterocycles. The lowest BCUT2D eigenvalue weighted by atomic mass is 9.96. The van der Waals surface area contributed by atoms with Gasteiger partial charge in [0.05, 0.1) is 6.54 Å². The van der Waals surface area contributed by atoms with Gasteiger partial charge in [-0.25, -0.2) is 8.78 Å². The van der Waals surface area contributed by atoms with Crippen molar-refractivity contribution in [3.05, 3.63) is 0 Å². The van der Waals surface area contributed by atoms with Crippen LogP contribution in [0.5, 0.6) is 0 Å². The van der Waals surface area contributed by atoms with Gasteiger partial charge in [0.2, 0.25) is 5.91 Å². The minimum atomic E-state index is -2.45. The lowest BCUT2D eigenvalue weighted by Crippen LogP contribution is -2.46. The molecule has 0 bridgehead atoms. The van der Waals surface area contributed by atoms with Crippen molar-refractivity contribution in [3.8, 4) is 0 Å². The normalized spacial score (nSPS) is 18.1. The number of alkyl halides is 2. The first-order valence-corrected chi connectivity index (χ1v) is 5.81. The molecule has 0 spiro atoms. The van der Waals surface area contributed by atoms with E-state index >= 15 is 0 Å². The van der Waals surface area contributed by atoms with E-state index in [0.29, 0.717) is 0 Å². The van der Waals surface area contributed by atoms with E-state index in [9.17, 15) is 13.6 Å². The molecule has 1 aliphatic rings. The maximum Gasteiger partial charge on any atom is 0.255 e. The zero-order valence-corrected chi connectivity index (χ0v) is 9.88. The molecular weight excluding hydrogens is 214 g/mol. The highest BCUT2D eigenvalue weighted by molar-refractivity contribution is 5.79. The fraction of sp³-hybridized carbons (Fsp3) is 0.909. The highest BCUT2D eigenvalue weighted by atomic mass is 19.3. The minimum Gasteiger partial charge on any atom is -0.334 e. The average Bonchev–Trinajstić information content (AvgIpc) is 2.25. The minimum absolute atomic E-state index is 0.0811. The molecule has 0 aromatic rings. The molecule has 1 saturated heterocycles. The van der Waals surface area contributed by atoms with Crippen molar-refractivity contribution in [1.29, 1.82) is 0 Å².